The van der Waals surface area contributed by atoms with Crippen molar-refractivity contribution in [2.75, 3.05) is 19.5 Å². The molecule has 0 aliphatic heterocycles. The van der Waals surface area contributed by atoms with Gasteiger partial charge in [-0.2, -0.15) is 0 Å². The van der Waals surface area contributed by atoms with E-state index in [4.69, 9.17) is 13.9 Å². The maximum Gasteiger partial charge on any atom is 0.291 e. The third kappa shape index (κ3) is 3.17. The molecule has 1 heterocycles. The Hall–Kier alpha value is -2.47. The number of hydrogen-bond donors (Lipinski definition) is 1. The Morgan fingerprint density at radius 2 is 1.91 bits per heavy atom. The number of hydrogen-bond acceptors (Lipinski definition) is 4. The van der Waals surface area contributed by atoms with Crippen LogP contribution < -0.4 is 14.8 Å². The Bertz CT molecular complexity index is 872. The highest BCUT2D eigenvalue weighted by Gasteiger charge is 2.15. The summed E-state index contributed by atoms with van der Waals surface area (Å²) in [4.78, 5) is 12.4. The van der Waals surface area contributed by atoms with E-state index in [1.54, 1.807) is 31.4 Å². The van der Waals surface area contributed by atoms with Crippen molar-refractivity contribution >= 4 is 38.5 Å². The van der Waals surface area contributed by atoms with E-state index in [0.717, 1.165) is 9.86 Å². The van der Waals surface area contributed by atoms with Crippen molar-refractivity contribution in [1.82, 2.24) is 0 Å². The van der Waals surface area contributed by atoms with Gasteiger partial charge in [-0.3, -0.25) is 4.79 Å². The molecule has 3 aromatic rings. The molecular formula is C17H14BrNO4. The summed E-state index contributed by atoms with van der Waals surface area (Å²) in [6.07, 6.45) is 0. The van der Waals surface area contributed by atoms with Crippen LogP contribution in [0, 0.1) is 0 Å². The van der Waals surface area contributed by atoms with E-state index < -0.39 is 0 Å². The summed E-state index contributed by atoms with van der Waals surface area (Å²) in [6, 6.07) is 12.4. The van der Waals surface area contributed by atoms with Gasteiger partial charge >= 0.3 is 0 Å². The third-order valence-corrected chi connectivity index (χ3v) is 3.85. The summed E-state index contributed by atoms with van der Waals surface area (Å²) < 4.78 is 16.9. The first kappa shape index (κ1) is 15.4. The van der Waals surface area contributed by atoms with Gasteiger partial charge in [-0.15, -0.1) is 0 Å². The number of nitrogens with one attached hydrogen (secondary N) is 1. The number of furan rings is 1. The predicted octanol–water partition coefficient (Wildman–Crippen LogP) is 4.46. The van der Waals surface area contributed by atoms with E-state index in [2.05, 4.69) is 21.2 Å². The van der Waals surface area contributed by atoms with E-state index in [1.165, 1.54) is 7.11 Å². The number of carbonyl (C=O) groups excluding carboxylic acids is 1. The summed E-state index contributed by atoms with van der Waals surface area (Å²) in [7, 11) is 3.10. The Morgan fingerprint density at radius 3 is 2.65 bits per heavy atom. The Kier molecular flexibility index (Phi) is 4.25. The van der Waals surface area contributed by atoms with Crippen molar-refractivity contribution in [2.45, 2.75) is 0 Å². The lowest BCUT2D eigenvalue weighted by Gasteiger charge is -2.10. The number of amides is 1. The zero-order chi connectivity index (χ0) is 16.4. The van der Waals surface area contributed by atoms with Crippen LogP contribution in [-0.2, 0) is 0 Å². The van der Waals surface area contributed by atoms with Crippen LogP contribution in [0.3, 0.4) is 0 Å². The van der Waals surface area contributed by atoms with Crippen LogP contribution in [0.1, 0.15) is 10.6 Å². The average Bonchev–Trinajstić information content (AvgIpc) is 2.98. The number of rotatable bonds is 4. The van der Waals surface area contributed by atoms with E-state index in [-0.39, 0.29) is 11.7 Å². The SMILES string of the molecule is COc1ccc(NC(=O)c2cc3cc(Br)ccc3o2)c(OC)c1. The van der Waals surface area contributed by atoms with Gasteiger partial charge in [0.15, 0.2) is 5.76 Å². The van der Waals surface area contributed by atoms with Gasteiger partial charge in [0.05, 0.1) is 19.9 Å². The summed E-state index contributed by atoms with van der Waals surface area (Å²) in [5.41, 5.74) is 1.19. The average molecular weight is 376 g/mol. The smallest absolute Gasteiger partial charge is 0.291 e. The molecular weight excluding hydrogens is 362 g/mol. The fourth-order valence-electron chi connectivity index (χ4n) is 2.21. The van der Waals surface area contributed by atoms with Crippen LogP contribution in [0.15, 0.2) is 51.4 Å². The number of halogens is 1. The topological polar surface area (TPSA) is 60.7 Å². The first-order chi connectivity index (χ1) is 11.1. The zero-order valence-electron chi connectivity index (χ0n) is 12.6. The Labute approximate surface area is 141 Å². The molecule has 6 heteroatoms. The third-order valence-electron chi connectivity index (χ3n) is 3.36. The monoisotopic (exact) mass is 375 g/mol. The normalized spacial score (nSPS) is 10.6. The lowest BCUT2D eigenvalue weighted by Crippen LogP contribution is -2.11. The van der Waals surface area contributed by atoms with Crippen molar-refractivity contribution in [3.8, 4) is 11.5 Å². The molecule has 23 heavy (non-hydrogen) atoms. The van der Waals surface area contributed by atoms with Crippen LogP contribution in [0.4, 0.5) is 5.69 Å². The first-order valence-corrected chi connectivity index (χ1v) is 7.62. The fourth-order valence-corrected chi connectivity index (χ4v) is 2.59. The number of carbonyl (C=O) groups is 1. The molecule has 1 N–H and O–H groups in total. The van der Waals surface area contributed by atoms with Crippen molar-refractivity contribution < 1.29 is 18.7 Å². The minimum absolute atomic E-state index is 0.232. The van der Waals surface area contributed by atoms with Gasteiger partial charge in [0.1, 0.15) is 17.1 Å². The largest absolute Gasteiger partial charge is 0.497 e. The molecule has 0 fully saturated rings. The zero-order valence-corrected chi connectivity index (χ0v) is 14.1. The quantitative estimate of drug-likeness (QED) is 0.730. The van der Waals surface area contributed by atoms with Crippen LogP contribution in [-0.4, -0.2) is 20.1 Å². The molecule has 3 rings (SSSR count). The molecule has 0 bridgehead atoms. The molecule has 0 radical (unpaired) electrons. The van der Waals surface area contributed by atoms with Crippen LogP contribution >= 0.6 is 15.9 Å². The molecule has 0 saturated carbocycles. The second-order valence-corrected chi connectivity index (χ2v) is 5.73. The molecule has 0 saturated heterocycles. The minimum atomic E-state index is -0.346. The van der Waals surface area contributed by atoms with Crippen molar-refractivity contribution in [1.29, 1.82) is 0 Å². The molecule has 0 aliphatic carbocycles. The summed E-state index contributed by atoms with van der Waals surface area (Å²) in [6.45, 7) is 0. The van der Waals surface area contributed by atoms with E-state index in [1.807, 2.05) is 18.2 Å². The number of benzene rings is 2. The number of anilines is 1. The standard InChI is InChI=1S/C17H14BrNO4/c1-21-12-4-5-13(15(9-12)22-2)19-17(20)16-8-10-7-11(18)3-6-14(10)23-16/h3-9H,1-2H3,(H,19,20). The molecule has 0 unspecified atom stereocenters. The number of ether oxygens (including phenoxy) is 2. The minimum Gasteiger partial charge on any atom is -0.497 e. The number of methoxy groups -OCH3 is 2. The maximum atomic E-state index is 12.4. The molecule has 2 aromatic carbocycles. The van der Waals surface area contributed by atoms with Crippen LogP contribution in [0.2, 0.25) is 0 Å². The highest BCUT2D eigenvalue weighted by Crippen LogP contribution is 2.30. The van der Waals surface area contributed by atoms with Gasteiger partial charge in [-0.1, -0.05) is 15.9 Å². The van der Waals surface area contributed by atoms with E-state index in [9.17, 15) is 4.79 Å². The molecule has 0 atom stereocenters. The lowest BCUT2D eigenvalue weighted by atomic mass is 10.2. The van der Waals surface area contributed by atoms with E-state index in [0.29, 0.717) is 22.8 Å². The van der Waals surface area contributed by atoms with E-state index >= 15 is 0 Å². The molecule has 1 aromatic heterocycles. The molecule has 118 valence electrons. The van der Waals surface area contributed by atoms with Gasteiger partial charge in [0.25, 0.3) is 5.91 Å². The van der Waals surface area contributed by atoms with Crippen molar-refractivity contribution in [3.05, 3.63) is 52.7 Å². The second kappa shape index (κ2) is 6.34. The van der Waals surface area contributed by atoms with Gasteiger partial charge < -0.3 is 19.2 Å². The maximum absolute atomic E-state index is 12.4. The summed E-state index contributed by atoms with van der Waals surface area (Å²) >= 11 is 3.39. The van der Waals surface area contributed by atoms with Gasteiger partial charge in [0.2, 0.25) is 0 Å². The fraction of sp³-hybridized carbons (Fsp3) is 0.118. The predicted molar refractivity (Wildman–Crippen MR) is 91.4 cm³/mol. The molecule has 0 aliphatic rings. The van der Waals surface area contributed by atoms with Gasteiger partial charge in [-0.05, 0) is 36.4 Å². The Balaban J connectivity index is 1.88. The van der Waals surface area contributed by atoms with Crippen molar-refractivity contribution in [3.63, 3.8) is 0 Å². The highest BCUT2D eigenvalue weighted by atomic mass is 79.9. The second-order valence-electron chi connectivity index (χ2n) is 4.81. The lowest BCUT2D eigenvalue weighted by molar-refractivity contribution is 0.0998. The van der Waals surface area contributed by atoms with Gasteiger partial charge in [0, 0.05) is 15.9 Å². The number of fused-ring (bicyclic) bond motifs is 1. The van der Waals surface area contributed by atoms with Gasteiger partial charge in [-0.25, -0.2) is 0 Å². The molecule has 0 spiro atoms. The van der Waals surface area contributed by atoms with Crippen LogP contribution in [0.25, 0.3) is 11.0 Å². The van der Waals surface area contributed by atoms with Crippen LogP contribution in [0.5, 0.6) is 11.5 Å². The molecule has 1 amide bonds. The first-order valence-electron chi connectivity index (χ1n) is 6.83. The summed E-state index contributed by atoms with van der Waals surface area (Å²) in [5, 5.41) is 3.63. The van der Waals surface area contributed by atoms with Crippen molar-refractivity contribution in [2.24, 2.45) is 0 Å². The summed E-state index contributed by atoms with van der Waals surface area (Å²) in [5.74, 6) is 1.04. The highest BCUT2D eigenvalue weighted by molar-refractivity contribution is 9.10. The molecule has 5 nitrogen and oxygen atoms in total. The Morgan fingerprint density at radius 1 is 1.09 bits per heavy atom.